The second-order valence-electron chi connectivity index (χ2n) is 6.71. The van der Waals surface area contributed by atoms with E-state index < -0.39 is 0 Å². The van der Waals surface area contributed by atoms with Crippen LogP contribution in [0.3, 0.4) is 0 Å². The molecule has 6 heteroatoms. The molecule has 2 heterocycles. The summed E-state index contributed by atoms with van der Waals surface area (Å²) in [7, 11) is 1.91. The van der Waals surface area contributed by atoms with Gasteiger partial charge in [0.1, 0.15) is 5.82 Å². The van der Waals surface area contributed by atoms with Gasteiger partial charge in [0, 0.05) is 25.3 Å². The van der Waals surface area contributed by atoms with E-state index in [-0.39, 0.29) is 17.4 Å². The van der Waals surface area contributed by atoms with Crippen LogP contribution >= 0.6 is 0 Å². The molecule has 5 nitrogen and oxygen atoms in total. The number of aryl methyl sites for hydroxylation is 1. The first-order chi connectivity index (χ1) is 11.5. The largest absolute Gasteiger partial charge is 0.336 e. The van der Waals surface area contributed by atoms with Crippen molar-refractivity contribution in [3.63, 3.8) is 0 Å². The number of nitrogens with one attached hydrogen (secondary N) is 1. The van der Waals surface area contributed by atoms with Crippen LogP contribution in [0.15, 0.2) is 36.8 Å². The van der Waals surface area contributed by atoms with Crippen molar-refractivity contribution in [1.82, 2.24) is 19.8 Å². The number of aromatic nitrogens is 2. The number of urea groups is 1. The topological polar surface area (TPSA) is 50.2 Å². The predicted molar refractivity (Wildman–Crippen MR) is 89.9 cm³/mol. The first-order valence-electron chi connectivity index (χ1n) is 8.23. The molecular weight excluding hydrogens is 307 g/mol. The SMILES string of the molecule is Cn1cncc1CNC(=O)N1CCCC1(C)Cc1ccc(F)cc1. The maximum absolute atomic E-state index is 13.1. The van der Waals surface area contributed by atoms with Gasteiger partial charge in [-0.15, -0.1) is 0 Å². The van der Waals surface area contributed by atoms with Gasteiger partial charge in [-0.1, -0.05) is 12.1 Å². The molecule has 1 aliphatic rings. The summed E-state index contributed by atoms with van der Waals surface area (Å²) in [5.41, 5.74) is 1.77. The summed E-state index contributed by atoms with van der Waals surface area (Å²) in [6, 6.07) is 6.48. The lowest BCUT2D eigenvalue weighted by atomic mass is 9.90. The van der Waals surface area contributed by atoms with Gasteiger partial charge in [-0.25, -0.2) is 14.2 Å². The number of halogens is 1. The van der Waals surface area contributed by atoms with Crippen molar-refractivity contribution in [1.29, 1.82) is 0 Å². The van der Waals surface area contributed by atoms with Gasteiger partial charge < -0.3 is 14.8 Å². The summed E-state index contributed by atoms with van der Waals surface area (Å²) in [6.07, 6.45) is 6.13. The molecule has 1 saturated heterocycles. The smallest absolute Gasteiger partial charge is 0.318 e. The van der Waals surface area contributed by atoms with Gasteiger partial charge in [-0.3, -0.25) is 0 Å². The van der Waals surface area contributed by atoms with Crippen molar-refractivity contribution in [2.45, 2.75) is 38.3 Å². The average molecular weight is 330 g/mol. The number of benzene rings is 1. The second kappa shape index (κ2) is 6.63. The van der Waals surface area contributed by atoms with Crippen LogP contribution in [0, 0.1) is 5.82 Å². The summed E-state index contributed by atoms with van der Waals surface area (Å²) in [6.45, 7) is 3.31. The highest BCUT2D eigenvalue weighted by atomic mass is 19.1. The Hall–Kier alpha value is -2.37. The lowest BCUT2D eigenvalue weighted by Crippen LogP contribution is -2.50. The quantitative estimate of drug-likeness (QED) is 0.937. The van der Waals surface area contributed by atoms with Gasteiger partial charge >= 0.3 is 6.03 Å². The molecule has 1 aromatic carbocycles. The predicted octanol–water partition coefficient (Wildman–Crippen LogP) is 2.87. The number of amides is 2. The zero-order valence-corrected chi connectivity index (χ0v) is 14.1. The first-order valence-corrected chi connectivity index (χ1v) is 8.23. The van der Waals surface area contributed by atoms with Crippen molar-refractivity contribution in [2.24, 2.45) is 7.05 Å². The van der Waals surface area contributed by atoms with Gasteiger partial charge in [0.15, 0.2) is 0 Å². The van der Waals surface area contributed by atoms with Crippen molar-refractivity contribution in [2.75, 3.05) is 6.54 Å². The third-order valence-electron chi connectivity index (χ3n) is 4.83. The van der Waals surface area contributed by atoms with Gasteiger partial charge in [-0.2, -0.15) is 0 Å². The number of hydrogen-bond acceptors (Lipinski definition) is 2. The van der Waals surface area contributed by atoms with E-state index in [0.717, 1.165) is 37.1 Å². The molecule has 0 radical (unpaired) electrons. The fourth-order valence-electron chi connectivity index (χ4n) is 3.41. The molecular formula is C18H23FN4O. The lowest BCUT2D eigenvalue weighted by Gasteiger charge is -2.35. The molecule has 24 heavy (non-hydrogen) atoms. The van der Waals surface area contributed by atoms with E-state index in [9.17, 15) is 9.18 Å². The van der Waals surface area contributed by atoms with Crippen molar-refractivity contribution in [3.05, 3.63) is 53.9 Å². The number of hydrogen-bond donors (Lipinski definition) is 1. The summed E-state index contributed by atoms with van der Waals surface area (Å²) in [4.78, 5) is 18.6. The molecule has 1 N–H and O–H groups in total. The minimum absolute atomic E-state index is 0.0571. The lowest BCUT2D eigenvalue weighted by molar-refractivity contribution is 0.155. The Morgan fingerprint density at radius 3 is 2.79 bits per heavy atom. The van der Waals surface area contributed by atoms with Gasteiger partial charge in [0.25, 0.3) is 0 Å². The number of imidazole rings is 1. The van der Waals surface area contributed by atoms with E-state index in [0.29, 0.717) is 6.54 Å². The maximum Gasteiger partial charge on any atom is 0.318 e. The molecule has 3 rings (SSSR count). The molecule has 1 aromatic heterocycles. The van der Waals surface area contributed by atoms with E-state index >= 15 is 0 Å². The van der Waals surface area contributed by atoms with E-state index in [1.807, 2.05) is 16.5 Å². The first kappa shape index (κ1) is 16.5. The molecule has 1 fully saturated rings. The van der Waals surface area contributed by atoms with Crippen LogP contribution in [0.1, 0.15) is 31.0 Å². The summed E-state index contributed by atoms with van der Waals surface area (Å²) in [5.74, 6) is -0.235. The number of carbonyl (C=O) groups is 1. The van der Waals surface area contributed by atoms with E-state index in [4.69, 9.17) is 0 Å². The zero-order chi connectivity index (χ0) is 17.2. The van der Waals surface area contributed by atoms with Crippen LogP contribution in [-0.2, 0) is 20.0 Å². The fraction of sp³-hybridized carbons (Fsp3) is 0.444. The Labute approximate surface area is 141 Å². The van der Waals surface area contributed by atoms with Crippen LogP contribution in [-0.4, -0.2) is 32.6 Å². The highest BCUT2D eigenvalue weighted by Crippen LogP contribution is 2.32. The van der Waals surface area contributed by atoms with Gasteiger partial charge in [0.2, 0.25) is 0 Å². The Bertz CT molecular complexity index is 712. The van der Waals surface area contributed by atoms with Crippen LogP contribution in [0.2, 0.25) is 0 Å². The standard InChI is InChI=1S/C18H23FN4O/c1-18(10-14-4-6-15(19)7-5-14)8-3-9-23(18)17(24)21-12-16-11-20-13-22(16)2/h4-7,11,13H,3,8-10,12H2,1-2H3,(H,21,24). The van der Waals surface area contributed by atoms with Crippen molar-refractivity contribution < 1.29 is 9.18 Å². The molecule has 0 bridgehead atoms. The van der Waals surface area contributed by atoms with E-state index in [1.165, 1.54) is 12.1 Å². The number of nitrogens with zero attached hydrogens (tertiary/aromatic N) is 3. The van der Waals surface area contributed by atoms with Crippen molar-refractivity contribution in [3.8, 4) is 0 Å². The van der Waals surface area contributed by atoms with Crippen LogP contribution < -0.4 is 5.32 Å². The average Bonchev–Trinajstić information content (AvgIpc) is 3.13. The van der Waals surface area contributed by atoms with E-state index in [1.54, 1.807) is 24.7 Å². The highest BCUT2D eigenvalue weighted by molar-refractivity contribution is 5.75. The molecule has 0 aliphatic carbocycles. The third kappa shape index (κ3) is 3.42. The minimum Gasteiger partial charge on any atom is -0.336 e. The fourth-order valence-corrected chi connectivity index (χ4v) is 3.41. The Morgan fingerprint density at radius 2 is 2.12 bits per heavy atom. The monoisotopic (exact) mass is 330 g/mol. The Balaban J connectivity index is 1.66. The molecule has 2 amide bonds. The van der Waals surface area contributed by atoms with Crippen LogP contribution in [0.4, 0.5) is 9.18 Å². The Kier molecular flexibility index (Phi) is 4.55. The van der Waals surface area contributed by atoms with Crippen molar-refractivity contribution >= 4 is 6.03 Å². The molecule has 1 unspecified atom stereocenters. The van der Waals surface area contributed by atoms with Crippen LogP contribution in [0.25, 0.3) is 0 Å². The molecule has 0 saturated carbocycles. The van der Waals surface area contributed by atoms with Crippen LogP contribution in [0.5, 0.6) is 0 Å². The number of carbonyl (C=O) groups excluding carboxylic acids is 1. The number of likely N-dealkylation sites (tertiary alicyclic amines) is 1. The summed E-state index contributed by atoms with van der Waals surface area (Å²) >= 11 is 0. The number of rotatable bonds is 4. The Morgan fingerprint density at radius 1 is 1.38 bits per heavy atom. The van der Waals surface area contributed by atoms with E-state index in [2.05, 4.69) is 17.2 Å². The second-order valence-corrected chi connectivity index (χ2v) is 6.71. The summed E-state index contributed by atoms with van der Waals surface area (Å²) in [5, 5.41) is 2.98. The molecule has 2 aromatic rings. The minimum atomic E-state index is -0.242. The molecule has 1 aliphatic heterocycles. The molecule has 128 valence electrons. The zero-order valence-electron chi connectivity index (χ0n) is 14.1. The maximum atomic E-state index is 13.1. The molecule has 0 spiro atoms. The summed E-state index contributed by atoms with van der Waals surface area (Å²) < 4.78 is 15.0. The normalized spacial score (nSPS) is 20.4. The van der Waals surface area contributed by atoms with Gasteiger partial charge in [0.05, 0.1) is 18.6 Å². The third-order valence-corrected chi connectivity index (χ3v) is 4.83. The molecule has 1 atom stereocenters. The highest BCUT2D eigenvalue weighted by Gasteiger charge is 2.39. The van der Waals surface area contributed by atoms with Gasteiger partial charge in [-0.05, 0) is 43.9 Å².